The summed E-state index contributed by atoms with van der Waals surface area (Å²) in [7, 11) is 1.99. The van der Waals surface area contributed by atoms with Crippen molar-refractivity contribution in [3.8, 4) is 22.8 Å². The van der Waals surface area contributed by atoms with E-state index in [0.717, 1.165) is 18.7 Å². The van der Waals surface area contributed by atoms with Crippen LogP contribution in [0.2, 0.25) is 0 Å². The molecule has 3 aromatic rings. The summed E-state index contributed by atoms with van der Waals surface area (Å²) < 4.78 is 5.50. The third-order valence-corrected chi connectivity index (χ3v) is 4.14. The summed E-state index contributed by atoms with van der Waals surface area (Å²) >= 11 is 0. The van der Waals surface area contributed by atoms with Crippen molar-refractivity contribution in [3.05, 3.63) is 36.5 Å². The molecule has 4 rings (SSSR count). The number of ether oxygens (including phenoxy) is 1. The fourth-order valence-electron chi connectivity index (χ4n) is 2.85. The van der Waals surface area contributed by atoms with E-state index >= 15 is 0 Å². The van der Waals surface area contributed by atoms with Gasteiger partial charge in [0.2, 0.25) is 0 Å². The summed E-state index contributed by atoms with van der Waals surface area (Å²) in [5.74, 6) is 0.555. The van der Waals surface area contributed by atoms with E-state index in [1.807, 2.05) is 7.05 Å². The van der Waals surface area contributed by atoms with E-state index in [0.29, 0.717) is 22.5 Å². The molecule has 8 nitrogen and oxygen atoms in total. The number of hydrogen-bond acceptors (Lipinski definition) is 6. The maximum absolute atomic E-state index is 12.1. The van der Waals surface area contributed by atoms with Crippen LogP contribution in [0, 0.1) is 0 Å². The number of likely N-dealkylation sites (tertiary alicyclic amines) is 1. The molecule has 0 unspecified atom stereocenters. The van der Waals surface area contributed by atoms with Gasteiger partial charge in [0.05, 0.1) is 23.3 Å². The van der Waals surface area contributed by atoms with Crippen LogP contribution in [0.25, 0.3) is 22.3 Å². The third-order valence-electron chi connectivity index (χ3n) is 4.14. The summed E-state index contributed by atoms with van der Waals surface area (Å²) in [6.07, 6.45) is 1.08. The lowest BCUT2D eigenvalue weighted by molar-refractivity contribution is 0.145. The molecular formula is C17H17N5O3. The summed E-state index contributed by atoms with van der Waals surface area (Å²) in [5, 5.41) is 19.7. The molecule has 1 fully saturated rings. The summed E-state index contributed by atoms with van der Waals surface area (Å²) in [4.78, 5) is 18.7. The Hall–Kier alpha value is -3.13. The molecule has 0 radical (unpaired) electrons. The number of nitrogens with one attached hydrogen (secondary N) is 2. The fourth-order valence-corrected chi connectivity index (χ4v) is 2.85. The van der Waals surface area contributed by atoms with Crippen molar-refractivity contribution in [1.82, 2.24) is 25.4 Å². The Kier molecular flexibility index (Phi) is 3.73. The lowest BCUT2D eigenvalue weighted by atomic mass is 10.1. The quantitative estimate of drug-likeness (QED) is 0.671. The summed E-state index contributed by atoms with van der Waals surface area (Å²) in [6.45, 7) is 1.62. The summed E-state index contributed by atoms with van der Waals surface area (Å²) in [5.41, 5.74) is 1.93. The number of nitrogens with zero attached hydrogens (tertiary/aromatic N) is 3. The Labute approximate surface area is 143 Å². The number of aromatic hydroxyl groups is 1. The Morgan fingerprint density at radius 1 is 1.36 bits per heavy atom. The number of rotatable bonds is 3. The van der Waals surface area contributed by atoms with Gasteiger partial charge in [0.15, 0.2) is 5.65 Å². The summed E-state index contributed by atoms with van der Waals surface area (Å²) in [6, 6.07) is 8.44. The highest BCUT2D eigenvalue weighted by molar-refractivity contribution is 5.87. The minimum absolute atomic E-state index is 0.107. The van der Waals surface area contributed by atoms with E-state index in [4.69, 9.17) is 4.74 Å². The first-order valence-electron chi connectivity index (χ1n) is 7.89. The maximum atomic E-state index is 12.1. The predicted molar refractivity (Wildman–Crippen MR) is 91.4 cm³/mol. The first-order valence-corrected chi connectivity index (χ1v) is 7.89. The predicted octanol–water partition coefficient (Wildman–Crippen LogP) is 1.73. The van der Waals surface area contributed by atoms with Crippen molar-refractivity contribution in [3.63, 3.8) is 0 Å². The smallest absolute Gasteiger partial charge is 0.412 e. The number of aromatic amines is 1. The van der Waals surface area contributed by atoms with Crippen LogP contribution in [0.1, 0.15) is 0 Å². The zero-order chi connectivity index (χ0) is 17.4. The zero-order valence-corrected chi connectivity index (χ0v) is 13.6. The first kappa shape index (κ1) is 15.4. The normalized spacial score (nSPS) is 15.1. The molecule has 3 heterocycles. The molecule has 8 heteroatoms. The van der Waals surface area contributed by atoms with Gasteiger partial charge in [-0.25, -0.2) is 9.78 Å². The van der Waals surface area contributed by atoms with Crippen LogP contribution in [-0.4, -0.2) is 57.5 Å². The average molecular weight is 339 g/mol. The molecule has 1 aromatic carbocycles. The Balaban J connectivity index is 1.62. The van der Waals surface area contributed by atoms with Crippen LogP contribution in [0.4, 0.5) is 4.79 Å². The fraction of sp³-hybridized carbons (Fsp3) is 0.235. The standard InChI is InChI=1S/C17H17N5O3/c1-22-8-11(9-22)19-17(24)25-15-6-14(10-2-4-12(23)5-3-10)20-16-13(15)7-18-21-16/h2-7,11,23H,8-9H2,1H3,(H,19,24)(H,18,20,21). The molecular weight excluding hydrogens is 322 g/mol. The average Bonchev–Trinajstić information content (AvgIpc) is 3.03. The van der Waals surface area contributed by atoms with Crippen molar-refractivity contribution < 1.29 is 14.6 Å². The van der Waals surface area contributed by atoms with E-state index in [1.165, 1.54) is 0 Å². The van der Waals surface area contributed by atoms with Gasteiger partial charge in [-0.3, -0.25) is 5.10 Å². The van der Waals surface area contributed by atoms with Gasteiger partial charge in [0, 0.05) is 24.7 Å². The van der Waals surface area contributed by atoms with E-state index in [-0.39, 0.29) is 11.8 Å². The van der Waals surface area contributed by atoms with Gasteiger partial charge in [0.25, 0.3) is 0 Å². The number of phenols is 1. The van der Waals surface area contributed by atoms with Crippen molar-refractivity contribution >= 4 is 17.1 Å². The number of carbonyl (C=O) groups is 1. The van der Waals surface area contributed by atoms with Crippen molar-refractivity contribution in [2.24, 2.45) is 0 Å². The number of hydrogen-bond donors (Lipinski definition) is 3. The van der Waals surface area contributed by atoms with E-state index in [1.54, 1.807) is 36.5 Å². The molecule has 128 valence electrons. The lowest BCUT2D eigenvalue weighted by Crippen LogP contribution is -2.58. The number of fused-ring (bicyclic) bond motifs is 1. The Morgan fingerprint density at radius 2 is 2.12 bits per heavy atom. The molecule has 1 aliphatic heterocycles. The molecule has 1 amide bonds. The Morgan fingerprint density at radius 3 is 2.84 bits per heavy atom. The number of H-pyrrole nitrogens is 1. The van der Waals surface area contributed by atoms with Crippen molar-refractivity contribution in [2.75, 3.05) is 20.1 Å². The van der Waals surface area contributed by atoms with Gasteiger partial charge in [-0.1, -0.05) is 0 Å². The number of likely N-dealkylation sites (N-methyl/N-ethyl adjacent to an activating group) is 1. The lowest BCUT2D eigenvalue weighted by Gasteiger charge is -2.36. The van der Waals surface area contributed by atoms with Gasteiger partial charge in [0.1, 0.15) is 11.5 Å². The van der Waals surface area contributed by atoms with Crippen LogP contribution in [0.5, 0.6) is 11.5 Å². The molecule has 3 N–H and O–H groups in total. The second-order valence-electron chi connectivity index (χ2n) is 6.14. The minimum Gasteiger partial charge on any atom is -0.508 e. The molecule has 0 aliphatic carbocycles. The van der Waals surface area contributed by atoms with Crippen LogP contribution in [0.3, 0.4) is 0 Å². The topological polar surface area (TPSA) is 103 Å². The number of amides is 1. The highest BCUT2D eigenvalue weighted by atomic mass is 16.6. The molecule has 0 atom stereocenters. The molecule has 1 saturated heterocycles. The van der Waals surface area contributed by atoms with Crippen molar-refractivity contribution in [1.29, 1.82) is 0 Å². The number of aromatic nitrogens is 3. The van der Waals surface area contributed by atoms with Crippen LogP contribution >= 0.6 is 0 Å². The monoisotopic (exact) mass is 339 g/mol. The molecule has 0 spiro atoms. The number of carbonyl (C=O) groups excluding carboxylic acids is 1. The molecule has 1 aliphatic rings. The molecule has 25 heavy (non-hydrogen) atoms. The number of pyridine rings is 1. The Bertz CT molecular complexity index is 916. The molecule has 0 bridgehead atoms. The van der Waals surface area contributed by atoms with Gasteiger partial charge in [-0.05, 0) is 31.3 Å². The van der Waals surface area contributed by atoms with Gasteiger partial charge >= 0.3 is 6.09 Å². The van der Waals surface area contributed by atoms with Gasteiger partial charge < -0.3 is 20.1 Å². The minimum atomic E-state index is -0.497. The third kappa shape index (κ3) is 3.11. The van der Waals surface area contributed by atoms with Crippen LogP contribution < -0.4 is 10.1 Å². The number of phenolic OH excluding ortho intramolecular Hbond substituents is 1. The highest BCUT2D eigenvalue weighted by Crippen LogP contribution is 2.29. The van der Waals surface area contributed by atoms with Crippen LogP contribution in [-0.2, 0) is 0 Å². The number of benzene rings is 1. The van der Waals surface area contributed by atoms with E-state index < -0.39 is 6.09 Å². The van der Waals surface area contributed by atoms with E-state index in [2.05, 4.69) is 25.4 Å². The highest BCUT2D eigenvalue weighted by Gasteiger charge is 2.25. The SMILES string of the molecule is CN1CC(NC(=O)Oc2cc(-c3ccc(O)cc3)nc3[nH]ncc23)C1. The molecule has 2 aromatic heterocycles. The largest absolute Gasteiger partial charge is 0.508 e. The van der Waals surface area contributed by atoms with Crippen molar-refractivity contribution in [2.45, 2.75) is 6.04 Å². The van der Waals surface area contributed by atoms with Gasteiger partial charge in [-0.2, -0.15) is 5.10 Å². The second kappa shape index (κ2) is 6.06. The molecule has 0 saturated carbocycles. The van der Waals surface area contributed by atoms with Gasteiger partial charge in [-0.15, -0.1) is 0 Å². The second-order valence-corrected chi connectivity index (χ2v) is 6.14. The van der Waals surface area contributed by atoms with E-state index in [9.17, 15) is 9.90 Å². The zero-order valence-electron chi connectivity index (χ0n) is 13.6. The first-order chi connectivity index (χ1) is 12.1. The van der Waals surface area contributed by atoms with Crippen LogP contribution in [0.15, 0.2) is 36.5 Å². The maximum Gasteiger partial charge on any atom is 0.412 e.